The van der Waals surface area contributed by atoms with Crippen LogP contribution < -0.4 is 0 Å². The number of nitrogens with one attached hydrogen (secondary N) is 1. The van der Waals surface area contributed by atoms with Gasteiger partial charge in [0.25, 0.3) is 5.91 Å². The lowest BCUT2D eigenvalue weighted by atomic mass is 10.0. The summed E-state index contributed by atoms with van der Waals surface area (Å²) in [7, 11) is 0. The quantitative estimate of drug-likeness (QED) is 0.715. The number of carbonyl (C=O) groups is 1. The highest BCUT2D eigenvalue weighted by molar-refractivity contribution is 6.29. The molecule has 1 aliphatic rings. The van der Waals surface area contributed by atoms with E-state index in [2.05, 4.69) is 9.97 Å². The minimum absolute atomic E-state index is 0.103. The molecule has 4 rings (SSSR count). The van der Waals surface area contributed by atoms with E-state index in [1.807, 2.05) is 6.20 Å². The minimum atomic E-state index is -0.279. The topological polar surface area (TPSA) is 58.2 Å². The lowest BCUT2D eigenvalue weighted by Crippen LogP contribution is -2.49. The van der Waals surface area contributed by atoms with Gasteiger partial charge in [-0.25, -0.2) is 9.37 Å². The van der Waals surface area contributed by atoms with Crippen LogP contribution in [0.2, 0.25) is 5.15 Å². The van der Waals surface area contributed by atoms with Crippen LogP contribution in [0.25, 0.3) is 10.9 Å². The standard InChI is InChI=1S/C19H17ClFN3O2/c20-18-4-1-12(9-23-18)19(25)24-5-6-26-11-15(24)7-13-10-22-17-3-2-14(21)8-16(13)17/h1-4,8-10,15,22H,5-7,11H2/t15-/m0/s1. The van der Waals surface area contributed by atoms with Crippen molar-refractivity contribution in [3.63, 3.8) is 0 Å². The van der Waals surface area contributed by atoms with E-state index >= 15 is 0 Å². The van der Waals surface area contributed by atoms with Gasteiger partial charge in [0, 0.05) is 29.8 Å². The number of aromatic nitrogens is 2. The Balaban J connectivity index is 1.60. The van der Waals surface area contributed by atoms with E-state index in [1.54, 1.807) is 23.1 Å². The Labute approximate surface area is 154 Å². The number of fused-ring (bicyclic) bond motifs is 1. The number of rotatable bonds is 3. The van der Waals surface area contributed by atoms with E-state index in [-0.39, 0.29) is 17.8 Å². The van der Waals surface area contributed by atoms with Crippen LogP contribution in [0.5, 0.6) is 0 Å². The Bertz CT molecular complexity index is 942. The maximum atomic E-state index is 13.6. The molecule has 5 nitrogen and oxygen atoms in total. The number of hydrogen-bond donors (Lipinski definition) is 1. The third-order valence-corrected chi connectivity index (χ3v) is 4.87. The summed E-state index contributed by atoms with van der Waals surface area (Å²) in [6.45, 7) is 1.43. The zero-order valence-electron chi connectivity index (χ0n) is 13.9. The third kappa shape index (κ3) is 3.30. The first kappa shape index (κ1) is 17.0. The molecule has 2 aromatic heterocycles. The van der Waals surface area contributed by atoms with Crippen LogP contribution in [0.3, 0.4) is 0 Å². The van der Waals surface area contributed by atoms with Crippen LogP contribution in [0, 0.1) is 5.82 Å². The molecule has 0 aliphatic carbocycles. The molecule has 1 amide bonds. The second kappa shape index (κ2) is 7.05. The Hall–Kier alpha value is -2.44. The van der Waals surface area contributed by atoms with Crippen molar-refractivity contribution < 1.29 is 13.9 Å². The number of hydrogen-bond acceptors (Lipinski definition) is 3. The molecule has 1 saturated heterocycles. The molecule has 1 fully saturated rings. The summed E-state index contributed by atoms with van der Waals surface area (Å²) in [5.41, 5.74) is 2.33. The number of nitrogens with zero attached hydrogens (tertiary/aromatic N) is 2. The van der Waals surface area contributed by atoms with E-state index in [0.717, 1.165) is 16.5 Å². The lowest BCUT2D eigenvalue weighted by Gasteiger charge is -2.35. The molecule has 0 spiro atoms. The van der Waals surface area contributed by atoms with Gasteiger partial charge in [0.2, 0.25) is 0 Å². The number of carbonyl (C=O) groups excluding carboxylic acids is 1. The van der Waals surface area contributed by atoms with Crippen molar-refractivity contribution in [2.24, 2.45) is 0 Å². The molecular weight excluding hydrogens is 357 g/mol. The molecule has 1 aliphatic heterocycles. The average Bonchev–Trinajstić information content (AvgIpc) is 3.04. The van der Waals surface area contributed by atoms with Crippen molar-refractivity contribution in [1.82, 2.24) is 14.9 Å². The summed E-state index contributed by atoms with van der Waals surface area (Å²) in [5.74, 6) is -0.382. The second-order valence-corrected chi connectivity index (χ2v) is 6.69. The maximum absolute atomic E-state index is 13.6. The molecule has 0 radical (unpaired) electrons. The number of ether oxygens (including phenoxy) is 1. The summed E-state index contributed by atoms with van der Waals surface area (Å²) in [5, 5.41) is 1.18. The Morgan fingerprint density at radius 2 is 2.27 bits per heavy atom. The van der Waals surface area contributed by atoms with E-state index < -0.39 is 0 Å². The zero-order chi connectivity index (χ0) is 18.1. The van der Waals surface area contributed by atoms with Crippen LogP contribution in [-0.2, 0) is 11.2 Å². The van der Waals surface area contributed by atoms with Gasteiger partial charge in [0.1, 0.15) is 11.0 Å². The second-order valence-electron chi connectivity index (χ2n) is 6.30. The summed E-state index contributed by atoms with van der Waals surface area (Å²) >= 11 is 5.80. The highest BCUT2D eigenvalue weighted by atomic mass is 35.5. The van der Waals surface area contributed by atoms with Crippen LogP contribution in [-0.4, -0.2) is 46.6 Å². The highest BCUT2D eigenvalue weighted by Gasteiger charge is 2.29. The Morgan fingerprint density at radius 3 is 3.08 bits per heavy atom. The van der Waals surface area contributed by atoms with Crippen molar-refractivity contribution >= 4 is 28.4 Å². The first-order valence-electron chi connectivity index (χ1n) is 8.37. The van der Waals surface area contributed by atoms with Gasteiger partial charge in [0.05, 0.1) is 24.8 Å². The van der Waals surface area contributed by atoms with Crippen molar-refractivity contribution in [2.45, 2.75) is 12.5 Å². The number of H-pyrrole nitrogens is 1. The Kier molecular flexibility index (Phi) is 4.61. The van der Waals surface area contributed by atoms with E-state index in [1.165, 1.54) is 18.3 Å². The summed E-state index contributed by atoms with van der Waals surface area (Å²) in [6.07, 6.45) is 3.93. The van der Waals surface area contributed by atoms with Crippen LogP contribution in [0.15, 0.2) is 42.7 Å². The summed E-state index contributed by atoms with van der Waals surface area (Å²) in [6, 6.07) is 7.80. The number of pyridine rings is 1. The van der Waals surface area contributed by atoms with Crippen LogP contribution in [0.1, 0.15) is 15.9 Å². The smallest absolute Gasteiger partial charge is 0.255 e. The maximum Gasteiger partial charge on any atom is 0.255 e. The molecule has 26 heavy (non-hydrogen) atoms. The average molecular weight is 374 g/mol. The minimum Gasteiger partial charge on any atom is -0.377 e. The molecule has 1 N–H and O–H groups in total. The number of amides is 1. The van der Waals surface area contributed by atoms with Crippen LogP contribution in [0.4, 0.5) is 4.39 Å². The zero-order valence-corrected chi connectivity index (χ0v) is 14.7. The molecule has 3 aromatic rings. The molecule has 0 saturated carbocycles. The molecule has 1 atom stereocenters. The molecule has 0 unspecified atom stereocenters. The van der Waals surface area contributed by atoms with Gasteiger partial charge < -0.3 is 14.6 Å². The molecular formula is C19H17ClFN3O2. The number of benzene rings is 1. The van der Waals surface area contributed by atoms with Gasteiger partial charge in [0.15, 0.2) is 0 Å². The summed E-state index contributed by atoms with van der Waals surface area (Å²) in [4.78, 5) is 21.8. The van der Waals surface area contributed by atoms with Gasteiger partial charge >= 0.3 is 0 Å². The number of halogens is 2. The van der Waals surface area contributed by atoms with Gasteiger partial charge in [-0.1, -0.05) is 11.6 Å². The normalized spacial score (nSPS) is 17.6. The highest BCUT2D eigenvalue weighted by Crippen LogP contribution is 2.24. The van der Waals surface area contributed by atoms with Crippen molar-refractivity contribution in [1.29, 1.82) is 0 Å². The van der Waals surface area contributed by atoms with Gasteiger partial charge in [-0.3, -0.25) is 4.79 Å². The van der Waals surface area contributed by atoms with Crippen LogP contribution >= 0.6 is 11.6 Å². The first-order valence-corrected chi connectivity index (χ1v) is 8.75. The fourth-order valence-electron chi connectivity index (χ4n) is 3.33. The number of morpholine rings is 1. The Morgan fingerprint density at radius 1 is 1.38 bits per heavy atom. The van der Waals surface area contributed by atoms with E-state index in [4.69, 9.17) is 16.3 Å². The molecule has 3 heterocycles. The number of aromatic amines is 1. The molecule has 1 aromatic carbocycles. The predicted octanol–water partition coefficient (Wildman–Crippen LogP) is 3.44. The third-order valence-electron chi connectivity index (χ3n) is 4.65. The SMILES string of the molecule is O=C(c1ccc(Cl)nc1)N1CCOC[C@@H]1Cc1c[nH]c2ccc(F)cc12. The fraction of sp³-hybridized carbons (Fsp3) is 0.263. The fourth-order valence-corrected chi connectivity index (χ4v) is 3.44. The van der Waals surface area contributed by atoms with Gasteiger partial charge in [-0.2, -0.15) is 0 Å². The lowest BCUT2D eigenvalue weighted by molar-refractivity contribution is -0.00157. The van der Waals surface area contributed by atoms with E-state index in [0.29, 0.717) is 36.9 Å². The van der Waals surface area contributed by atoms with Gasteiger partial charge in [-0.05, 0) is 42.3 Å². The van der Waals surface area contributed by atoms with E-state index in [9.17, 15) is 9.18 Å². The largest absolute Gasteiger partial charge is 0.377 e. The van der Waals surface area contributed by atoms with Gasteiger partial charge in [-0.15, -0.1) is 0 Å². The van der Waals surface area contributed by atoms with Crippen molar-refractivity contribution in [2.75, 3.05) is 19.8 Å². The molecule has 7 heteroatoms. The monoisotopic (exact) mass is 373 g/mol. The first-order chi connectivity index (χ1) is 12.6. The summed E-state index contributed by atoms with van der Waals surface area (Å²) < 4.78 is 19.2. The van der Waals surface area contributed by atoms with Crippen molar-refractivity contribution in [3.8, 4) is 0 Å². The molecule has 0 bridgehead atoms. The molecule has 134 valence electrons. The van der Waals surface area contributed by atoms with Crippen molar-refractivity contribution in [3.05, 3.63) is 64.8 Å². The predicted molar refractivity (Wildman–Crippen MR) is 96.9 cm³/mol.